The standard InChI is InChI=1S/C28H17F3N4O5/c29-28(30,31)23-13-20(16-5-2-1-3-6-16)32-24-14-21(34-35(23)24)27(37)40-18-11-9-17(10-12-18)26(36)33-19-7-4-8-22-25(19)39-15-38-22/h1-14H,15H2,(H,33,36). The number of carbonyl (C=O) groups excluding carboxylic acids is 2. The van der Waals surface area contributed by atoms with E-state index in [0.717, 1.165) is 12.1 Å². The molecule has 0 unspecified atom stereocenters. The fourth-order valence-electron chi connectivity index (χ4n) is 4.09. The summed E-state index contributed by atoms with van der Waals surface area (Å²) in [5.74, 6) is -0.435. The number of halogens is 3. The van der Waals surface area contributed by atoms with E-state index in [-0.39, 0.29) is 35.1 Å². The predicted molar refractivity (Wildman–Crippen MR) is 135 cm³/mol. The number of hydrogen-bond donors (Lipinski definition) is 1. The molecule has 6 rings (SSSR count). The van der Waals surface area contributed by atoms with Gasteiger partial charge in [0.25, 0.3) is 5.91 Å². The second kappa shape index (κ2) is 9.73. The topological polar surface area (TPSA) is 104 Å². The Hall–Kier alpha value is -5.39. The van der Waals surface area contributed by atoms with Gasteiger partial charge in [-0.1, -0.05) is 36.4 Å². The Bertz CT molecular complexity index is 1750. The van der Waals surface area contributed by atoms with Crippen molar-refractivity contribution in [1.29, 1.82) is 0 Å². The maximum atomic E-state index is 13.8. The number of esters is 1. The lowest BCUT2D eigenvalue weighted by Gasteiger charge is -2.10. The number of ether oxygens (including phenoxy) is 3. The summed E-state index contributed by atoms with van der Waals surface area (Å²) in [7, 11) is 0. The van der Waals surface area contributed by atoms with Gasteiger partial charge >= 0.3 is 12.1 Å². The van der Waals surface area contributed by atoms with Gasteiger partial charge in [0.2, 0.25) is 6.79 Å². The molecule has 0 spiro atoms. The third-order valence-electron chi connectivity index (χ3n) is 5.97. The van der Waals surface area contributed by atoms with Crippen LogP contribution in [0.1, 0.15) is 26.5 Å². The van der Waals surface area contributed by atoms with E-state index in [0.29, 0.717) is 27.3 Å². The molecule has 1 amide bonds. The van der Waals surface area contributed by atoms with Crippen LogP contribution in [0.25, 0.3) is 16.9 Å². The van der Waals surface area contributed by atoms with Gasteiger partial charge in [0, 0.05) is 17.2 Å². The van der Waals surface area contributed by atoms with Gasteiger partial charge in [-0.3, -0.25) is 4.79 Å². The molecule has 200 valence electrons. The van der Waals surface area contributed by atoms with Crippen molar-refractivity contribution >= 4 is 23.2 Å². The van der Waals surface area contributed by atoms with Gasteiger partial charge in [0.1, 0.15) is 5.75 Å². The average molecular weight is 546 g/mol. The molecular weight excluding hydrogens is 529 g/mol. The minimum absolute atomic E-state index is 0.0519. The van der Waals surface area contributed by atoms with Crippen LogP contribution in [0.2, 0.25) is 0 Å². The first-order valence-electron chi connectivity index (χ1n) is 11.8. The number of rotatable bonds is 5. The summed E-state index contributed by atoms with van der Waals surface area (Å²) in [6.45, 7) is 0.0519. The molecule has 2 aromatic heterocycles. The highest BCUT2D eigenvalue weighted by molar-refractivity contribution is 6.05. The molecule has 1 N–H and O–H groups in total. The highest BCUT2D eigenvalue weighted by atomic mass is 19.4. The van der Waals surface area contributed by atoms with Crippen molar-refractivity contribution in [2.45, 2.75) is 6.18 Å². The summed E-state index contributed by atoms with van der Waals surface area (Å²) in [6, 6.07) is 21.0. The van der Waals surface area contributed by atoms with Gasteiger partial charge in [-0.2, -0.15) is 18.3 Å². The Morgan fingerprint density at radius 2 is 1.70 bits per heavy atom. The normalized spacial score (nSPS) is 12.4. The molecule has 1 aliphatic rings. The van der Waals surface area contributed by atoms with Gasteiger partial charge < -0.3 is 19.5 Å². The molecule has 3 heterocycles. The molecule has 0 bridgehead atoms. The van der Waals surface area contributed by atoms with Crippen LogP contribution < -0.4 is 19.5 Å². The van der Waals surface area contributed by atoms with E-state index in [9.17, 15) is 22.8 Å². The largest absolute Gasteiger partial charge is 0.454 e. The number of aromatic nitrogens is 3. The fraction of sp³-hybridized carbons (Fsp3) is 0.0714. The van der Waals surface area contributed by atoms with E-state index in [1.807, 2.05) is 0 Å². The monoisotopic (exact) mass is 546 g/mol. The number of alkyl halides is 3. The maximum absolute atomic E-state index is 13.8. The zero-order chi connectivity index (χ0) is 27.9. The highest BCUT2D eigenvalue weighted by Crippen LogP contribution is 2.39. The smallest absolute Gasteiger partial charge is 0.433 e. The van der Waals surface area contributed by atoms with Gasteiger partial charge in [0.05, 0.1) is 11.4 Å². The summed E-state index contributed by atoms with van der Waals surface area (Å²) in [5.41, 5.74) is -0.386. The lowest BCUT2D eigenvalue weighted by Crippen LogP contribution is -2.15. The quantitative estimate of drug-likeness (QED) is 0.226. The minimum atomic E-state index is -4.76. The van der Waals surface area contributed by atoms with Crippen molar-refractivity contribution in [3.63, 3.8) is 0 Å². The SMILES string of the molecule is O=C(Nc1cccc2c1OCO2)c1ccc(OC(=O)c2cc3nc(-c4ccccc4)cc(C(F)(F)F)n3n2)cc1. The van der Waals surface area contributed by atoms with Gasteiger partial charge in [-0.15, -0.1) is 0 Å². The van der Waals surface area contributed by atoms with E-state index in [4.69, 9.17) is 14.2 Å². The van der Waals surface area contributed by atoms with Crippen molar-refractivity contribution < 1.29 is 37.0 Å². The zero-order valence-electron chi connectivity index (χ0n) is 20.3. The predicted octanol–water partition coefficient (Wildman–Crippen LogP) is 5.62. The molecule has 0 atom stereocenters. The van der Waals surface area contributed by atoms with Gasteiger partial charge in [-0.05, 0) is 42.5 Å². The van der Waals surface area contributed by atoms with Crippen LogP contribution in [0.3, 0.4) is 0 Å². The molecule has 0 saturated carbocycles. The number of nitrogens with zero attached hydrogens (tertiary/aromatic N) is 3. The van der Waals surface area contributed by atoms with E-state index in [1.165, 1.54) is 24.3 Å². The molecule has 0 radical (unpaired) electrons. The average Bonchev–Trinajstić information content (AvgIpc) is 3.61. The lowest BCUT2D eigenvalue weighted by molar-refractivity contribution is -0.142. The van der Waals surface area contributed by atoms with Crippen molar-refractivity contribution in [3.05, 3.63) is 102 Å². The fourth-order valence-corrected chi connectivity index (χ4v) is 4.09. The number of benzene rings is 3. The van der Waals surface area contributed by atoms with E-state index < -0.39 is 23.7 Å². The molecule has 3 aromatic carbocycles. The summed E-state index contributed by atoms with van der Waals surface area (Å²) in [4.78, 5) is 29.7. The molecule has 1 aliphatic heterocycles. The second-order valence-corrected chi connectivity index (χ2v) is 8.60. The Morgan fingerprint density at radius 3 is 2.45 bits per heavy atom. The van der Waals surface area contributed by atoms with E-state index >= 15 is 0 Å². The molecule has 40 heavy (non-hydrogen) atoms. The number of para-hydroxylation sites is 1. The molecule has 9 nitrogen and oxygen atoms in total. The molecule has 12 heteroatoms. The van der Waals surface area contributed by atoms with Crippen LogP contribution >= 0.6 is 0 Å². The van der Waals surface area contributed by atoms with Crippen LogP contribution in [0.4, 0.5) is 18.9 Å². The first kappa shape index (κ1) is 24.9. The maximum Gasteiger partial charge on any atom is 0.433 e. The number of anilines is 1. The van der Waals surface area contributed by atoms with Crippen LogP contribution in [0.5, 0.6) is 17.2 Å². The van der Waals surface area contributed by atoms with Crippen LogP contribution in [0.15, 0.2) is 84.9 Å². The third kappa shape index (κ3) is 4.77. The van der Waals surface area contributed by atoms with Crippen molar-refractivity contribution in [2.75, 3.05) is 12.1 Å². The summed E-state index contributed by atoms with van der Waals surface area (Å²) in [5, 5.41) is 6.53. The number of amides is 1. The molecule has 0 fully saturated rings. The molecule has 0 saturated heterocycles. The van der Waals surface area contributed by atoms with E-state index in [1.54, 1.807) is 48.5 Å². The lowest BCUT2D eigenvalue weighted by atomic mass is 10.1. The number of fused-ring (bicyclic) bond motifs is 2. The number of carbonyl (C=O) groups is 2. The minimum Gasteiger partial charge on any atom is -0.454 e. The van der Waals surface area contributed by atoms with Crippen molar-refractivity contribution in [1.82, 2.24) is 14.6 Å². The number of nitrogens with one attached hydrogen (secondary N) is 1. The van der Waals surface area contributed by atoms with E-state index in [2.05, 4.69) is 15.4 Å². The second-order valence-electron chi connectivity index (χ2n) is 8.60. The zero-order valence-corrected chi connectivity index (χ0v) is 20.3. The van der Waals surface area contributed by atoms with Gasteiger partial charge in [-0.25, -0.2) is 14.3 Å². The molecule has 0 aliphatic carbocycles. The van der Waals surface area contributed by atoms with Crippen molar-refractivity contribution in [3.8, 4) is 28.5 Å². The third-order valence-corrected chi connectivity index (χ3v) is 5.97. The molecular formula is C28H17F3N4O5. The van der Waals surface area contributed by atoms with Crippen LogP contribution in [-0.2, 0) is 6.18 Å². The summed E-state index contributed by atoms with van der Waals surface area (Å²) in [6.07, 6.45) is -4.76. The molecule has 5 aromatic rings. The number of hydrogen-bond acceptors (Lipinski definition) is 7. The Kier molecular flexibility index (Phi) is 6.06. The Labute approximate surface area is 223 Å². The summed E-state index contributed by atoms with van der Waals surface area (Å²) < 4.78 is 58.0. The van der Waals surface area contributed by atoms with Gasteiger partial charge in [0.15, 0.2) is 28.5 Å². The Balaban J connectivity index is 1.21. The summed E-state index contributed by atoms with van der Waals surface area (Å²) >= 11 is 0. The van der Waals surface area contributed by atoms with Crippen LogP contribution in [0, 0.1) is 0 Å². The van der Waals surface area contributed by atoms with Crippen LogP contribution in [-0.4, -0.2) is 33.3 Å². The first-order valence-corrected chi connectivity index (χ1v) is 11.8. The Morgan fingerprint density at radius 1 is 0.925 bits per heavy atom. The first-order chi connectivity index (χ1) is 19.3. The van der Waals surface area contributed by atoms with Crippen molar-refractivity contribution in [2.24, 2.45) is 0 Å². The highest BCUT2D eigenvalue weighted by Gasteiger charge is 2.36.